The number of piperidine rings is 2. The van der Waals surface area contributed by atoms with Crippen LogP contribution < -0.4 is 9.62 Å². The number of sulfone groups is 1. The van der Waals surface area contributed by atoms with Crippen molar-refractivity contribution in [1.29, 1.82) is 0 Å². The van der Waals surface area contributed by atoms with Gasteiger partial charge in [-0.2, -0.15) is 49.6 Å². The van der Waals surface area contributed by atoms with Crippen LogP contribution in [0.25, 0.3) is 22.0 Å². The number of nitrogens with zero attached hydrogens (tertiary/aromatic N) is 8. The molecular formula is C50H50ClF10N9O6S2. The van der Waals surface area contributed by atoms with Gasteiger partial charge in [-0.15, -0.1) is 0 Å². The number of nitrogens with one attached hydrogen (secondary N) is 1. The molecule has 3 amide bonds. The van der Waals surface area contributed by atoms with Crippen LogP contribution in [-0.2, 0) is 56.3 Å². The van der Waals surface area contributed by atoms with Crippen molar-refractivity contribution >= 4 is 60.1 Å². The monoisotopic (exact) mass is 1160 g/mol. The quantitative estimate of drug-likeness (QED) is 0.0938. The number of likely N-dealkylation sites (tertiary alicyclic amines) is 2. The van der Waals surface area contributed by atoms with Gasteiger partial charge in [-0.05, 0) is 113 Å². The molecule has 3 fully saturated rings. The van der Waals surface area contributed by atoms with Gasteiger partial charge in [0.25, 0.3) is 5.92 Å². The second-order valence-electron chi connectivity index (χ2n) is 20.6. The number of sulfonamides is 1. The molecule has 1 unspecified atom stereocenters. The van der Waals surface area contributed by atoms with Gasteiger partial charge in [0.05, 0.1) is 33.9 Å². The first-order chi connectivity index (χ1) is 36.2. The van der Waals surface area contributed by atoms with Crippen molar-refractivity contribution in [3.63, 3.8) is 0 Å². The van der Waals surface area contributed by atoms with Crippen molar-refractivity contribution < 1.29 is 70.3 Å². The van der Waals surface area contributed by atoms with Crippen molar-refractivity contribution in [3.05, 3.63) is 93.0 Å². The second-order valence-corrected chi connectivity index (χ2v) is 25.4. The van der Waals surface area contributed by atoms with Gasteiger partial charge < -0.3 is 15.1 Å². The van der Waals surface area contributed by atoms with Gasteiger partial charge in [0, 0.05) is 54.1 Å². The number of anilines is 1. The van der Waals surface area contributed by atoms with Crippen molar-refractivity contribution in [2.75, 3.05) is 43.0 Å². The molecule has 2 aliphatic heterocycles. The minimum atomic E-state index is -5.22. The third-order valence-corrected chi connectivity index (χ3v) is 17.9. The number of hydrogen-bond donors (Lipinski definition) is 1. The van der Waals surface area contributed by atoms with Crippen LogP contribution in [0.15, 0.2) is 42.5 Å². The zero-order valence-corrected chi connectivity index (χ0v) is 44.4. The lowest BCUT2D eigenvalue weighted by Gasteiger charge is -2.40. The molecule has 2 aromatic carbocycles. The summed E-state index contributed by atoms with van der Waals surface area (Å²) in [5.41, 5.74) is -5.58. The number of carbonyl (C=O) groups is 2. The molecule has 0 bridgehead atoms. The van der Waals surface area contributed by atoms with Gasteiger partial charge in [-0.3, -0.25) is 14.2 Å². The fourth-order valence-corrected chi connectivity index (χ4v) is 11.9. The van der Waals surface area contributed by atoms with E-state index in [2.05, 4.69) is 37.2 Å². The third-order valence-electron chi connectivity index (χ3n) is 14.6. The predicted molar refractivity (Wildman–Crippen MR) is 265 cm³/mol. The van der Waals surface area contributed by atoms with Crippen LogP contribution in [-0.4, -0.2) is 119 Å². The zero-order valence-electron chi connectivity index (χ0n) is 42.0. The molecule has 3 aromatic heterocycles. The van der Waals surface area contributed by atoms with E-state index in [1.807, 2.05) is 0 Å². The number of aromatic nitrogens is 5. The Labute approximate surface area is 446 Å². The molecule has 420 valence electrons. The molecule has 3 atom stereocenters. The van der Waals surface area contributed by atoms with Crippen LogP contribution in [0.3, 0.4) is 0 Å². The van der Waals surface area contributed by atoms with E-state index in [0.29, 0.717) is 29.8 Å². The molecule has 0 spiro atoms. The molecule has 1 N–H and O–H groups in total. The van der Waals surface area contributed by atoms with E-state index in [-0.39, 0.29) is 56.9 Å². The Kier molecular flexibility index (Phi) is 14.8. The third kappa shape index (κ3) is 11.3. The first-order valence-electron chi connectivity index (χ1n) is 24.6. The SMILES string of the molecule is CC(C)(C#Cc1ccc(-c2ccc(Cl)c3c(N(C(=O)N4CCC(N5CCCCC5)CC4)S(C)(=O)=O)nn(CC(F)(F)F)c23)c([C@H](Cc2cc(F)cc(F)c2)NC(=O)Cn2nc(C(F)(F)F)c3c2C(F)(F)C2C[C@H]32)n1)S(C)(=O)=O. The summed E-state index contributed by atoms with van der Waals surface area (Å²) >= 11 is 6.80. The van der Waals surface area contributed by atoms with Gasteiger partial charge in [0.15, 0.2) is 21.3 Å². The minimum Gasteiger partial charge on any atom is -0.346 e. The number of alkyl halides is 8. The Balaban J connectivity index is 1.22. The smallest absolute Gasteiger partial charge is 0.346 e. The maximum Gasteiger partial charge on any atom is 0.435 e. The summed E-state index contributed by atoms with van der Waals surface area (Å²) < 4.78 is 201. The van der Waals surface area contributed by atoms with Crippen molar-refractivity contribution in [1.82, 2.24) is 39.7 Å². The summed E-state index contributed by atoms with van der Waals surface area (Å²) in [4.78, 5) is 37.0. The highest BCUT2D eigenvalue weighted by Crippen LogP contribution is 2.68. The maximum atomic E-state index is 15.7. The molecule has 28 heteroatoms. The highest BCUT2D eigenvalue weighted by Gasteiger charge is 2.68. The van der Waals surface area contributed by atoms with Crippen LogP contribution in [0.1, 0.15) is 98.2 Å². The van der Waals surface area contributed by atoms with E-state index < -0.39 is 148 Å². The van der Waals surface area contributed by atoms with E-state index >= 15 is 8.78 Å². The maximum absolute atomic E-state index is 15.7. The van der Waals surface area contributed by atoms with Crippen LogP contribution in [0.5, 0.6) is 0 Å². The normalized spacial score (nSPS) is 19.5. The van der Waals surface area contributed by atoms with E-state index in [1.54, 1.807) is 0 Å². The molecule has 15 nitrogen and oxygen atoms in total. The molecule has 1 saturated carbocycles. The van der Waals surface area contributed by atoms with Crippen LogP contribution >= 0.6 is 11.6 Å². The first-order valence-corrected chi connectivity index (χ1v) is 28.7. The second kappa shape index (κ2) is 20.3. The van der Waals surface area contributed by atoms with Crippen molar-refractivity contribution in [3.8, 4) is 23.0 Å². The summed E-state index contributed by atoms with van der Waals surface area (Å²) in [6, 6.07) is 4.05. The summed E-state index contributed by atoms with van der Waals surface area (Å²) in [6.07, 6.45) is -5.73. The van der Waals surface area contributed by atoms with Gasteiger partial charge in [-0.25, -0.2) is 35.4 Å². The summed E-state index contributed by atoms with van der Waals surface area (Å²) in [6.45, 7) is 1.17. The molecule has 0 radical (unpaired) electrons. The number of carbonyl (C=O) groups excluding carboxylic acids is 2. The van der Waals surface area contributed by atoms with Crippen LogP contribution in [0.2, 0.25) is 5.02 Å². The van der Waals surface area contributed by atoms with Crippen LogP contribution in [0, 0.1) is 29.4 Å². The van der Waals surface area contributed by atoms with Gasteiger partial charge in [-0.1, -0.05) is 30.0 Å². The van der Waals surface area contributed by atoms with E-state index in [1.165, 1.54) is 36.9 Å². The fourth-order valence-electron chi connectivity index (χ4n) is 10.6. The molecular weight excluding hydrogens is 1110 g/mol. The fraction of sp³-hybridized carbons (Fsp3) is 0.500. The van der Waals surface area contributed by atoms with Gasteiger partial charge in [0.2, 0.25) is 15.9 Å². The lowest BCUT2D eigenvalue weighted by Crippen LogP contribution is -2.52. The number of rotatable bonds is 12. The number of benzene rings is 2. The Hall–Kier alpha value is -5.98. The summed E-state index contributed by atoms with van der Waals surface area (Å²) in [5, 5.41) is 9.10. The zero-order chi connectivity index (χ0) is 56.8. The van der Waals surface area contributed by atoms with Gasteiger partial charge in [0.1, 0.15) is 40.9 Å². The highest BCUT2D eigenvalue weighted by atomic mass is 35.5. The summed E-state index contributed by atoms with van der Waals surface area (Å²) in [5.74, 6) is -5.72. The largest absolute Gasteiger partial charge is 0.435 e. The topological polar surface area (TPSA) is 173 Å². The van der Waals surface area contributed by atoms with Crippen LogP contribution in [0.4, 0.5) is 54.5 Å². The van der Waals surface area contributed by atoms with E-state index in [9.17, 15) is 61.5 Å². The summed E-state index contributed by atoms with van der Waals surface area (Å²) in [7, 11) is -8.65. The van der Waals surface area contributed by atoms with E-state index in [0.717, 1.165) is 56.8 Å². The Morgan fingerprint density at radius 1 is 0.885 bits per heavy atom. The molecule has 2 aliphatic carbocycles. The van der Waals surface area contributed by atoms with Gasteiger partial charge >= 0.3 is 18.4 Å². The molecule has 78 heavy (non-hydrogen) atoms. The Bertz CT molecular complexity index is 3510. The molecule has 4 aliphatic rings. The number of halogens is 11. The first kappa shape index (κ1) is 56.7. The standard InChI is InChI=1S/C50H50ClF10N9O6S2/c1-47(2,77(3,73)74)15-12-30-8-9-32(41(62-30)37(22-27-20-28(52)23-29(53)21-27)63-38(71)25-68-44-39(43(64-68)50(59,60)61)34-24-35(34)49(44,57)58)33-10-11-36(51)40-42(33)69(26-48(54,55)56)65-45(40)70(78(4,75)76)46(72)67-18-13-31(14-19-67)66-16-6-5-7-17-66/h8-11,20-21,23,31,34-35,37H,5-7,13-14,16-19,22,24-26H2,1-4H3,(H,63,71)/t34-,35?,37-/m0/s1. The molecule has 2 saturated heterocycles. The predicted octanol–water partition coefficient (Wildman–Crippen LogP) is 9.13. The highest BCUT2D eigenvalue weighted by molar-refractivity contribution is 7.93. The number of hydrogen-bond acceptors (Lipinski definition) is 10. The molecule has 5 aromatic rings. The Morgan fingerprint density at radius 2 is 1.53 bits per heavy atom. The number of urea groups is 1. The van der Waals surface area contributed by atoms with Crippen molar-refractivity contribution in [2.45, 2.75) is 113 Å². The lowest BCUT2D eigenvalue weighted by molar-refractivity contribution is -0.143. The average Bonchev–Trinajstić information content (AvgIpc) is 4.06. The minimum absolute atomic E-state index is 0.0793. The molecule has 5 heterocycles. The van der Waals surface area contributed by atoms with Crippen molar-refractivity contribution in [2.24, 2.45) is 5.92 Å². The number of pyridine rings is 1. The number of amides is 3. The Morgan fingerprint density at radius 3 is 2.13 bits per heavy atom. The number of fused-ring (bicyclic) bond motifs is 4. The lowest BCUT2D eigenvalue weighted by atomic mass is 9.93. The average molecular weight is 1160 g/mol. The molecule has 9 rings (SSSR count). The van der Waals surface area contributed by atoms with E-state index in [4.69, 9.17) is 11.6 Å².